The predicted molar refractivity (Wildman–Crippen MR) is 78.7 cm³/mol. The van der Waals surface area contributed by atoms with Crippen molar-refractivity contribution in [2.75, 3.05) is 6.26 Å². The summed E-state index contributed by atoms with van der Waals surface area (Å²) in [5.41, 5.74) is 1.98. The summed E-state index contributed by atoms with van der Waals surface area (Å²) in [5.74, 6) is 0. The van der Waals surface area contributed by atoms with Gasteiger partial charge < -0.3 is 0 Å². The summed E-state index contributed by atoms with van der Waals surface area (Å²) >= 11 is 19.9. The van der Waals surface area contributed by atoms with Crippen molar-refractivity contribution >= 4 is 46.6 Å². The molecule has 0 saturated carbocycles. The second-order valence-corrected chi connectivity index (χ2v) is 5.43. The number of halogens is 3. The molecule has 0 atom stereocenters. The van der Waals surface area contributed by atoms with Gasteiger partial charge in [0.2, 0.25) is 0 Å². The third-order valence-corrected chi connectivity index (χ3v) is 4.52. The van der Waals surface area contributed by atoms with Gasteiger partial charge in [0.15, 0.2) is 0 Å². The highest BCUT2D eigenvalue weighted by Crippen LogP contribution is 2.40. The minimum atomic E-state index is 0.404. The SMILES string of the molecule is CSc1ccccc1-c1ccc(Cl)c(Cl)c1Cl. The monoisotopic (exact) mass is 302 g/mol. The Kier molecular flexibility index (Phi) is 4.26. The average molecular weight is 304 g/mol. The van der Waals surface area contributed by atoms with Crippen molar-refractivity contribution in [2.24, 2.45) is 0 Å². The van der Waals surface area contributed by atoms with Gasteiger partial charge in [0.25, 0.3) is 0 Å². The number of benzene rings is 2. The Labute approximate surface area is 120 Å². The molecule has 0 nitrogen and oxygen atoms in total. The molecule has 0 radical (unpaired) electrons. The average Bonchev–Trinajstić information content (AvgIpc) is 2.36. The van der Waals surface area contributed by atoms with Gasteiger partial charge in [0.1, 0.15) is 0 Å². The third kappa shape index (κ3) is 2.58. The van der Waals surface area contributed by atoms with Crippen molar-refractivity contribution < 1.29 is 0 Å². The molecule has 4 heteroatoms. The van der Waals surface area contributed by atoms with Gasteiger partial charge in [0.05, 0.1) is 15.1 Å². The van der Waals surface area contributed by atoms with E-state index in [4.69, 9.17) is 34.8 Å². The summed E-state index contributed by atoms with van der Waals surface area (Å²) in [7, 11) is 0. The van der Waals surface area contributed by atoms with E-state index in [2.05, 4.69) is 6.07 Å². The molecule has 0 spiro atoms. The molecule has 0 fully saturated rings. The summed E-state index contributed by atoms with van der Waals surface area (Å²) in [6, 6.07) is 11.7. The van der Waals surface area contributed by atoms with E-state index in [1.54, 1.807) is 17.8 Å². The highest BCUT2D eigenvalue weighted by molar-refractivity contribution is 7.98. The minimum Gasteiger partial charge on any atom is -0.129 e. The summed E-state index contributed by atoms with van der Waals surface area (Å²) in [6.07, 6.45) is 2.03. The van der Waals surface area contributed by atoms with Crippen LogP contribution in [0.5, 0.6) is 0 Å². The van der Waals surface area contributed by atoms with Crippen molar-refractivity contribution in [3.05, 3.63) is 51.5 Å². The Hall–Kier alpha value is -0.340. The molecule has 2 rings (SSSR count). The highest BCUT2D eigenvalue weighted by atomic mass is 35.5. The smallest absolute Gasteiger partial charge is 0.0784 e. The fraction of sp³-hybridized carbons (Fsp3) is 0.0769. The molecule has 0 unspecified atom stereocenters. The van der Waals surface area contributed by atoms with Crippen LogP contribution in [-0.2, 0) is 0 Å². The summed E-state index contributed by atoms with van der Waals surface area (Å²) in [5, 5.41) is 1.38. The molecule has 0 aromatic heterocycles. The maximum Gasteiger partial charge on any atom is 0.0784 e. The second kappa shape index (κ2) is 5.53. The Morgan fingerprint density at radius 1 is 0.824 bits per heavy atom. The van der Waals surface area contributed by atoms with Crippen LogP contribution in [0.15, 0.2) is 41.3 Å². The largest absolute Gasteiger partial charge is 0.129 e. The Balaban J connectivity index is 2.65. The molecule has 17 heavy (non-hydrogen) atoms. The molecule has 88 valence electrons. The van der Waals surface area contributed by atoms with E-state index in [1.165, 1.54) is 0 Å². The molecule has 2 aromatic carbocycles. The van der Waals surface area contributed by atoms with Crippen molar-refractivity contribution in [1.82, 2.24) is 0 Å². The van der Waals surface area contributed by atoms with Gasteiger partial charge in [-0.25, -0.2) is 0 Å². The summed E-state index contributed by atoms with van der Waals surface area (Å²) in [4.78, 5) is 1.16. The van der Waals surface area contributed by atoms with Crippen molar-refractivity contribution in [3.8, 4) is 11.1 Å². The lowest BCUT2D eigenvalue weighted by Gasteiger charge is -2.10. The van der Waals surface area contributed by atoms with Crippen molar-refractivity contribution in [3.63, 3.8) is 0 Å². The topological polar surface area (TPSA) is 0 Å². The van der Waals surface area contributed by atoms with Crippen LogP contribution in [0.3, 0.4) is 0 Å². The first-order valence-electron chi connectivity index (χ1n) is 4.92. The first-order valence-corrected chi connectivity index (χ1v) is 7.28. The van der Waals surface area contributed by atoms with E-state index in [-0.39, 0.29) is 0 Å². The fourth-order valence-electron chi connectivity index (χ4n) is 1.60. The van der Waals surface area contributed by atoms with Crippen LogP contribution in [0.2, 0.25) is 15.1 Å². The van der Waals surface area contributed by atoms with Crippen LogP contribution in [-0.4, -0.2) is 6.26 Å². The maximum atomic E-state index is 6.24. The number of hydrogen-bond acceptors (Lipinski definition) is 1. The first kappa shape index (κ1) is 13.1. The number of hydrogen-bond donors (Lipinski definition) is 0. The molecular weight excluding hydrogens is 295 g/mol. The first-order chi connectivity index (χ1) is 8.15. The van der Waals surface area contributed by atoms with E-state index in [0.29, 0.717) is 15.1 Å². The number of thioether (sulfide) groups is 1. The van der Waals surface area contributed by atoms with E-state index in [0.717, 1.165) is 16.0 Å². The standard InChI is InChI=1S/C13H9Cl3S/c1-17-11-5-3-2-4-8(11)9-6-7-10(14)13(16)12(9)15/h2-7H,1H3. The Morgan fingerprint density at radius 3 is 2.24 bits per heavy atom. The van der Waals surface area contributed by atoms with Crippen LogP contribution in [0, 0.1) is 0 Å². The fourth-order valence-corrected chi connectivity index (χ4v) is 2.85. The van der Waals surface area contributed by atoms with E-state index in [9.17, 15) is 0 Å². The molecule has 0 aliphatic heterocycles. The third-order valence-electron chi connectivity index (χ3n) is 2.43. The van der Waals surface area contributed by atoms with Crippen LogP contribution < -0.4 is 0 Å². The lowest BCUT2D eigenvalue weighted by Crippen LogP contribution is -1.84. The van der Waals surface area contributed by atoms with E-state index >= 15 is 0 Å². The lowest BCUT2D eigenvalue weighted by molar-refractivity contribution is 1.45. The minimum absolute atomic E-state index is 0.404. The second-order valence-electron chi connectivity index (χ2n) is 3.42. The van der Waals surface area contributed by atoms with Gasteiger partial charge in [-0.1, -0.05) is 59.1 Å². The van der Waals surface area contributed by atoms with Gasteiger partial charge >= 0.3 is 0 Å². The molecule has 2 aromatic rings. The Bertz CT molecular complexity index is 552. The summed E-state index contributed by atoms with van der Waals surface area (Å²) < 4.78 is 0. The van der Waals surface area contributed by atoms with Gasteiger partial charge in [-0.3, -0.25) is 0 Å². The zero-order valence-electron chi connectivity index (χ0n) is 9.01. The highest BCUT2D eigenvalue weighted by Gasteiger charge is 2.12. The van der Waals surface area contributed by atoms with Crippen molar-refractivity contribution in [1.29, 1.82) is 0 Å². The van der Waals surface area contributed by atoms with E-state index in [1.807, 2.05) is 30.5 Å². The zero-order chi connectivity index (χ0) is 12.4. The molecule has 0 saturated heterocycles. The van der Waals surface area contributed by atoms with Gasteiger partial charge in [-0.2, -0.15) is 0 Å². The van der Waals surface area contributed by atoms with Crippen LogP contribution in [0.1, 0.15) is 0 Å². The van der Waals surface area contributed by atoms with Crippen LogP contribution >= 0.6 is 46.6 Å². The quantitative estimate of drug-likeness (QED) is 0.482. The molecule has 0 aliphatic carbocycles. The zero-order valence-corrected chi connectivity index (χ0v) is 12.1. The molecule has 0 aliphatic rings. The van der Waals surface area contributed by atoms with Gasteiger partial charge in [0, 0.05) is 10.5 Å². The lowest BCUT2D eigenvalue weighted by atomic mass is 10.1. The molecule has 0 N–H and O–H groups in total. The van der Waals surface area contributed by atoms with Crippen molar-refractivity contribution in [2.45, 2.75) is 4.90 Å². The number of rotatable bonds is 2. The molecule has 0 amide bonds. The maximum absolute atomic E-state index is 6.24. The van der Waals surface area contributed by atoms with Gasteiger partial charge in [-0.15, -0.1) is 11.8 Å². The molecule has 0 bridgehead atoms. The normalized spacial score (nSPS) is 10.6. The Morgan fingerprint density at radius 2 is 1.53 bits per heavy atom. The van der Waals surface area contributed by atoms with E-state index < -0.39 is 0 Å². The summed E-state index contributed by atoms with van der Waals surface area (Å²) in [6.45, 7) is 0. The molecular formula is C13H9Cl3S. The van der Waals surface area contributed by atoms with Crippen LogP contribution in [0.25, 0.3) is 11.1 Å². The molecule has 0 heterocycles. The van der Waals surface area contributed by atoms with Crippen LogP contribution in [0.4, 0.5) is 0 Å². The predicted octanol–water partition coefficient (Wildman–Crippen LogP) is 6.04. The van der Waals surface area contributed by atoms with Gasteiger partial charge in [-0.05, 0) is 24.0 Å².